The van der Waals surface area contributed by atoms with Crippen LogP contribution in [0.3, 0.4) is 0 Å². The Morgan fingerprint density at radius 2 is 1.90 bits per heavy atom. The maximum atomic E-state index is 5.61. The number of thioether (sulfide) groups is 1. The molecule has 3 heterocycles. The first-order chi connectivity index (χ1) is 14.8. The van der Waals surface area contributed by atoms with Gasteiger partial charge in [0.2, 0.25) is 17.5 Å². The van der Waals surface area contributed by atoms with Gasteiger partial charge in [0.25, 0.3) is 0 Å². The number of hydrogen-bond acceptors (Lipinski definition) is 7. The molecule has 0 bridgehead atoms. The summed E-state index contributed by atoms with van der Waals surface area (Å²) >= 11 is 5.01. The van der Waals surface area contributed by atoms with E-state index in [4.69, 9.17) is 8.94 Å². The Morgan fingerprint density at radius 3 is 2.67 bits per heavy atom. The van der Waals surface area contributed by atoms with Crippen LogP contribution in [0.5, 0.6) is 0 Å². The largest absolute Gasteiger partial charge is 0.461 e. The van der Waals surface area contributed by atoms with Crippen molar-refractivity contribution in [3.05, 3.63) is 53.0 Å². The van der Waals surface area contributed by atoms with E-state index in [0.717, 1.165) is 39.6 Å². The molecule has 3 aromatic heterocycles. The van der Waals surface area contributed by atoms with Crippen LogP contribution < -0.4 is 0 Å². The van der Waals surface area contributed by atoms with Gasteiger partial charge in [-0.05, 0) is 49.2 Å². The van der Waals surface area contributed by atoms with Crippen molar-refractivity contribution in [2.75, 3.05) is 0 Å². The van der Waals surface area contributed by atoms with Crippen LogP contribution in [-0.4, -0.2) is 24.9 Å². The molecular weight excluding hydrogens is 466 g/mol. The van der Waals surface area contributed by atoms with Crippen LogP contribution >= 0.6 is 27.7 Å². The molecule has 1 aliphatic carbocycles. The Morgan fingerprint density at radius 1 is 1.07 bits per heavy atom. The quantitative estimate of drug-likeness (QED) is 0.303. The van der Waals surface area contributed by atoms with Gasteiger partial charge >= 0.3 is 0 Å². The van der Waals surface area contributed by atoms with Gasteiger partial charge in [0.1, 0.15) is 0 Å². The topological polar surface area (TPSA) is 82.8 Å². The third-order valence-electron chi connectivity index (χ3n) is 5.24. The van der Waals surface area contributed by atoms with Crippen LogP contribution in [0.15, 0.2) is 61.2 Å². The highest BCUT2D eigenvalue weighted by Gasteiger charge is 2.25. The molecular formula is C21H20BrN5O2S. The molecule has 5 rings (SSSR count). The first-order valence-electron chi connectivity index (χ1n) is 9.98. The van der Waals surface area contributed by atoms with E-state index < -0.39 is 0 Å². The lowest BCUT2D eigenvalue weighted by Crippen LogP contribution is -2.15. The lowest BCUT2D eigenvalue weighted by atomic mass is 9.95. The smallest absolute Gasteiger partial charge is 0.237 e. The average Bonchev–Trinajstić information content (AvgIpc) is 3.53. The molecule has 0 atom stereocenters. The summed E-state index contributed by atoms with van der Waals surface area (Å²) in [4.78, 5) is 4.53. The van der Waals surface area contributed by atoms with E-state index in [0.29, 0.717) is 23.5 Å². The first kappa shape index (κ1) is 19.6. The predicted molar refractivity (Wildman–Crippen MR) is 117 cm³/mol. The number of nitrogens with zero attached hydrogens (tertiary/aromatic N) is 5. The van der Waals surface area contributed by atoms with Crippen molar-refractivity contribution >= 4 is 27.7 Å². The fourth-order valence-corrected chi connectivity index (χ4v) is 4.88. The Labute approximate surface area is 186 Å². The SMILES string of the molecule is Brc1ccc(-c2noc(CSc3nnc(-c4ccco4)n3C3CCCCC3)n2)cc1. The molecule has 0 N–H and O–H groups in total. The third-order valence-corrected chi connectivity index (χ3v) is 6.70. The number of hydrogen-bond donors (Lipinski definition) is 0. The number of furan rings is 1. The van der Waals surface area contributed by atoms with E-state index in [-0.39, 0.29) is 0 Å². The normalized spacial score (nSPS) is 15.0. The van der Waals surface area contributed by atoms with Gasteiger partial charge in [-0.1, -0.05) is 52.1 Å². The second kappa shape index (κ2) is 8.77. The second-order valence-corrected chi connectivity index (χ2v) is 9.11. The lowest BCUT2D eigenvalue weighted by Gasteiger charge is -2.25. The molecule has 4 aromatic rings. The van der Waals surface area contributed by atoms with Crippen molar-refractivity contribution in [2.45, 2.75) is 49.1 Å². The Kier molecular flexibility index (Phi) is 5.72. The van der Waals surface area contributed by atoms with Gasteiger partial charge in [-0.2, -0.15) is 4.98 Å². The molecule has 9 heteroatoms. The van der Waals surface area contributed by atoms with Gasteiger partial charge in [0.05, 0.1) is 12.0 Å². The van der Waals surface area contributed by atoms with Gasteiger partial charge in [-0.15, -0.1) is 10.2 Å². The van der Waals surface area contributed by atoms with Crippen molar-refractivity contribution in [3.63, 3.8) is 0 Å². The molecule has 1 aromatic carbocycles. The molecule has 0 saturated heterocycles. The molecule has 1 aliphatic rings. The van der Waals surface area contributed by atoms with Gasteiger partial charge in [0, 0.05) is 16.1 Å². The van der Waals surface area contributed by atoms with E-state index in [1.165, 1.54) is 19.3 Å². The van der Waals surface area contributed by atoms with Crippen LogP contribution in [-0.2, 0) is 5.75 Å². The van der Waals surface area contributed by atoms with Gasteiger partial charge in [0.15, 0.2) is 10.9 Å². The maximum Gasteiger partial charge on any atom is 0.237 e. The van der Waals surface area contributed by atoms with Crippen LogP contribution in [0, 0.1) is 0 Å². The maximum absolute atomic E-state index is 5.61. The highest BCUT2D eigenvalue weighted by atomic mass is 79.9. The Bertz CT molecular complexity index is 1100. The standard InChI is InChI=1S/C21H20BrN5O2S/c22-15-10-8-14(9-11-15)19-23-18(29-26-19)13-30-21-25-24-20(17-7-4-12-28-17)27(21)16-5-2-1-3-6-16/h4,7-12,16H,1-3,5-6,13H2. The molecule has 1 saturated carbocycles. The summed E-state index contributed by atoms with van der Waals surface area (Å²) in [7, 11) is 0. The summed E-state index contributed by atoms with van der Waals surface area (Å²) < 4.78 is 14.3. The number of aromatic nitrogens is 5. The van der Waals surface area contributed by atoms with Gasteiger partial charge < -0.3 is 8.94 Å². The van der Waals surface area contributed by atoms with Crippen LogP contribution in [0.2, 0.25) is 0 Å². The van der Waals surface area contributed by atoms with E-state index >= 15 is 0 Å². The number of rotatable bonds is 6. The fraction of sp³-hybridized carbons (Fsp3) is 0.333. The van der Waals surface area contributed by atoms with E-state index in [1.807, 2.05) is 36.4 Å². The summed E-state index contributed by atoms with van der Waals surface area (Å²) in [5, 5.41) is 13.9. The van der Waals surface area contributed by atoms with Crippen molar-refractivity contribution in [2.24, 2.45) is 0 Å². The molecule has 7 nitrogen and oxygen atoms in total. The predicted octanol–water partition coefficient (Wildman–Crippen LogP) is 6.15. The number of benzene rings is 1. The first-order valence-corrected chi connectivity index (χ1v) is 11.8. The van der Waals surface area contributed by atoms with Crippen LogP contribution in [0.1, 0.15) is 44.0 Å². The molecule has 0 spiro atoms. The summed E-state index contributed by atoms with van der Waals surface area (Å²) in [6.07, 6.45) is 7.68. The molecule has 30 heavy (non-hydrogen) atoms. The lowest BCUT2D eigenvalue weighted by molar-refractivity contribution is 0.337. The van der Waals surface area contributed by atoms with Crippen molar-refractivity contribution in [1.29, 1.82) is 0 Å². The molecule has 1 fully saturated rings. The van der Waals surface area contributed by atoms with Crippen molar-refractivity contribution in [3.8, 4) is 23.0 Å². The van der Waals surface area contributed by atoms with Crippen LogP contribution in [0.25, 0.3) is 23.0 Å². The van der Waals surface area contributed by atoms with E-state index in [2.05, 4.69) is 40.8 Å². The van der Waals surface area contributed by atoms with E-state index in [9.17, 15) is 0 Å². The molecule has 0 aliphatic heterocycles. The molecule has 154 valence electrons. The Balaban J connectivity index is 1.37. The minimum Gasteiger partial charge on any atom is -0.461 e. The highest BCUT2D eigenvalue weighted by Crippen LogP contribution is 2.36. The minimum atomic E-state index is 0.386. The monoisotopic (exact) mass is 485 g/mol. The minimum absolute atomic E-state index is 0.386. The summed E-state index contributed by atoms with van der Waals surface area (Å²) in [6.45, 7) is 0. The van der Waals surface area contributed by atoms with Gasteiger partial charge in [-0.25, -0.2) is 0 Å². The van der Waals surface area contributed by atoms with E-state index in [1.54, 1.807) is 18.0 Å². The average molecular weight is 486 g/mol. The zero-order chi connectivity index (χ0) is 20.3. The molecule has 0 radical (unpaired) electrons. The zero-order valence-corrected chi connectivity index (χ0v) is 18.6. The highest BCUT2D eigenvalue weighted by molar-refractivity contribution is 9.10. The summed E-state index contributed by atoms with van der Waals surface area (Å²) in [5.74, 6) is 3.22. The zero-order valence-electron chi connectivity index (χ0n) is 16.2. The van der Waals surface area contributed by atoms with Gasteiger partial charge in [-0.3, -0.25) is 4.57 Å². The molecule has 0 amide bonds. The number of halogens is 1. The van der Waals surface area contributed by atoms with Crippen molar-refractivity contribution < 1.29 is 8.94 Å². The summed E-state index contributed by atoms with van der Waals surface area (Å²) in [6, 6.07) is 12.0. The second-order valence-electron chi connectivity index (χ2n) is 7.25. The third kappa shape index (κ3) is 4.09. The van der Waals surface area contributed by atoms with Crippen LogP contribution in [0.4, 0.5) is 0 Å². The Hall–Kier alpha value is -2.39. The molecule has 0 unspecified atom stereocenters. The van der Waals surface area contributed by atoms with Crippen molar-refractivity contribution in [1.82, 2.24) is 24.9 Å². The fourth-order valence-electron chi connectivity index (χ4n) is 3.77. The summed E-state index contributed by atoms with van der Waals surface area (Å²) in [5.41, 5.74) is 0.920.